The number of fused-ring (bicyclic) bond motifs is 5. The molecule has 2 N–H and O–H groups in total. The summed E-state index contributed by atoms with van der Waals surface area (Å²) in [5, 5.41) is 0. The third kappa shape index (κ3) is 1.80. The smallest absolute Gasteiger partial charge is 0.147 e. The third-order valence-corrected chi connectivity index (χ3v) is 6.54. The Labute approximate surface area is 125 Å². The standard InChI is InChI=1S/C18H23NO2/c1-18-9-8-14-13-5-3-12(21-19)10-11(13)2-4-15(14)16(18)6-7-17(18)20/h3,5,10,14-16H,2,4,6-9,19H2,1H3/t14-,15-,16+,18+/m1/s1. The van der Waals surface area contributed by atoms with Crippen molar-refractivity contribution in [2.75, 3.05) is 0 Å². The molecule has 0 aliphatic heterocycles. The normalized spacial score (nSPS) is 37.6. The minimum absolute atomic E-state index is 0.0288. The van der Waals surface area contributed by atoms with Gasteiger partial charge in [-0.15, -0.1) is 0 Å². The lowest BCUT2D eigenvalue weighted by molar-refractivity contribution is -0.129. The Balaban J connectivity index is 1.70. The molecule has 112 valence electrons. The van der Waals surface area contributed by atoms with Crippen LogP contribution in [-0.4, -0.2) is 5.78 Å². The van der Waals surface area contributed by atoms with Crippen molar-refractivity contribution in [3.05, 3.63) is 29.3 Å². The van der Waals surface area contributed by atoms with Gasteiger partial charge in [-0.2, -0.15) is 5.90 Å². The van der Waals surface area contributed by atoms with E-state index in [2.05, 4.69) is 19.1 Å². The van der Waals surface area contributed by atoms with E-state index in [1.165, 1.54) is 17.5 Å². The number of hydrogen-bond acceptors (Lipinski definition) is 3. The molecule has 1 aromatic carbocycles. The van der Waals surface area contributed by atoms with E-state index < -0.39 is 0 Å². The number of ketones is 1. The summed E-state index contributed by atoms with van der Waals surface area (Å²) in [5.74, 6) is 8.47. The van der Waals surface area contributed by atoms with Gasteiger partial charge in [0, 0.05) is 11.8 Å². The number of nitrogens with two attached hydrogens (primary N) is 1. The molecule has 0 unspecified atom stereocenters. The molecule has 0 bridgehead atoms. The first-order valence-electron chi connectivity index (χ1n) is 8.16. The number of carbonyl (C=O) groups excluding carboxylic acids is 1. The molecule has 2 fully saturated rings. The Morgan fingerprint density at radius 2 is 2.10 bits per heavy atom. The number of rotatable bonds is 1. The van der Waals surface area contributed by atoms with Gasteiger partial charge in [0.1, 0.15) is 11.5 Å². The van der Waals surface area contributed by atoms with Gasteiger partial charge < -0.3 is 4.84 Å². The lowest BCUT2D eigenvalue weighted by Gasteiger charge is -2.48. The maximum absolute atomic E-state index is 12.3. The van der Waals surface area contributed by atoms with E-state index in [1.807, 2.05) is 6.07 Å². The predicted molar refractivity (Wildman–Crippen MR) is 80.9 cm³/mol. The van der Waals surface area contributed by atoms with E-state index in [4.69, 9.17) is 10.7 Å². The van der Waals surface area contributed by atoms with Crippen LogP contribution in [0.15, 0.2) is 18.2 Å². The minimum atomic E-state index is -0.0288. The summed E-state index contributed by atoms with van der Waals surface area (Å²) in [5.41, 5.74) is 2.85. The van der Waals surface area contributed by atoms with Crippen LogP contribution >= 0.6 is 0 Å². The fourth-order valence-electron chi connectivity index (χ4n) is 5.40. The summed E-state index contributed by atoms with van der Waals surface area (Å²) in [6.07, 6.45) is 6.42. The van der Waals surface area contributed by atoms with Crippen LogP contribution in [0.25, 0.3) is 0 Å². The number of hydrogen-bond donors (Lipinski definition) is 1. The maximum atomic E-state index is 12.3. The monoisotopic (exact) mass is 285 g/mol. The van der Waals surface area contributed by atoms with Crippen molar-refractivity contribution in [2.45, 2.75) is 51.4 Å². The van der Waals surface area contributed by atoms with E-state index in [0.717, 1.165) is 37.9 Å². The molecule has 0 heterocycles. The summed E-state index contributed by atoms with van der Waals surface area (Å²) in [4.78, 5) is 17.2. The van der Waals surface area contributed by atoms with Gasteiger partial charge in [-0.25, -0.2) is 0 Å². The van der Waals surface area contributed by atoms with Gasteiger partial charge in [0.15, 0.2) is 0 Å². The molecule has 2 saturated carbocycles. The topological polar surface area (TPSA) is 52.3 Å². The quantitative estimate of drug-likeness (QED) is 0.805. The second-order valence-electron chi connectivity index (χ2n) is 7.31. The SMILES string of the molecule is C[C@]12CC[C@@H]3c4ccc(ON)cc4CC[C@H]3[C@@H]1CCC2=O. The number of benzene rings is 1. The first-order chi connectivity index (χ1) is 10.1. The molecule has 3 aliphatic carbocycles. The third-order valence-electron chi connectivity index (χ3n) is 6.54. The first kappa shape index (κ1) is 13.3. The van der Waals surface area contributed by atoms with Crippen LogP contribution in [0.1, 0.15) is 56.1 Å². The van der Waals surface area contributed by atoms with E-state index in [-0.39, 0.29) is 5.41 Å². The lowest BCUT2D eigenvalue weighted by Crippen LogP contribution is -2.42. The van der Waals surface area contributed by atoms with Gasteiger partial charge in [0.2, 0.25) is 0 Å². The van der Waals surface area contributed by atoms with Crippen molar-refractivity contribution in [2.24, 2.45) is 23.1 Å². The zero-order chi connectivity index (χ0) is 14.6. The number of carbonyl (C=O) groups is 1. The van der Waals surface area contributed by atoms with Gasteiger partial charge in [-0.05, 0) is 73.1 Å². The summed E-state index contributed by atoms with van der Waals surface area (Å²) in [7, 11) is 0. The van der Waals surface area contributed by atoms with Gasteiger partial charge in [-0.3, -0.25) is 4.79 Å². The van der Waals surface area contributed by atoms with Gasteiger partial charge in [0.25, 0.3) is 0 Å². The van der Waals surface area contributed by atoms with Crippen molar-refractivity contribution in [1.29, 1.82) is 0 Å². The molecule has 4 atom stereocenters. The fourth-order valence-corrected chi connectivity index (χ4v) is 5.40. The Hall–Kier alpha value is -1.35. The van der Waals surface area contributed by atoms with Crippen LogP contribution < -0.4 is 10.7 Å². The molecule has 3 heteroatoms. The highest BCUT2D eigenvalue weighted by Gasteiger charge is 2.54. The highest BCUT2D eigenvalue weighted by Crippen LogP contribution is 2.59. The zero-order valence-electron chi connectivity index (χ0n) is 12.6. The maximum Gasteiger partial charge on any atom is 0.147 e. The molecule has 0 spiro atoms. The Morgan fingerprint density at radius 1 is 1.24 bits per heavy atom. The fraction of sp³-hybridized carbons (Fsp3) is 0.611. The molecular weight excluding hydrogens is 262 g/mol. The predicted octanol–water partition coefficient (Wildman–Crippen LogP) is 3.36. The highest BCUT2D eigenvalue weighted by atomic mass is 16.6. The largest absolute Gasteiger partial charge is 0.412 e. The van der Waals surface area contributed by atoms with Crippen molar-refractivity contribution < 1.29 is 9.63 Å². The van der Waals surface area contributed by atoms with Crippen molar-refractivity contribution in [1.82, 2.24) is 0 Å². The van der Waals surface area contributed by atoms with E-state index in [0.29, 0.717) is 23.5 Å². The van der Waals surface area contributed by atoms with Crippen LogP contribution in [0.4, 0.5) is 0 Å². The summed E-state index contributed by atoms with van der Waals surface area (Å²) in [6, 6.07) is 6.28. The Morgan fingerprint density at radius 3 is 2.90 bits per heavy atom. The molecule has 0 saturated heterocycles. The average molecular weight is 285 g/mol. The molecule has 4 rings (SSSR count). The second kappa shape index (κ2) is 4.57. The van der Waals surface area contributed by atoms with Crippen LogP contribution in [0.5, 0.6) is 5.75 Å². The summed E-state index contributed by atoms with van der Waals surface area (Å²) in [6.45, 7) is 2.23. The first-order valence-corrected chi connectivity index (χ1v) is 8.16. The van der Waals surface area contributed by atoms with Crippen molar-refractivity contribution >= 4 is 5.78 Å². The average Bonchev–Trinajstić information content (AvgIpc) is 2.82. The lowest BCUT2D eigenvalue weighted by atomic mass is 9.55. The van der Waals surface area contributed by atoms with Gasteiger partial charge in [0.05, 0.1) is 0 Å². The van der Waals surface area contributed by atoms with Gasteiger partial charge in [-0.1, -0.05) is 13.0 Å². The molecule has 21 heavy (non-hydrogen) atoms. The molecule has 0 amide bonds. The number of Topliss-reactive ketones (excluding diaryl/α,β-unsaturated/α-hetero) is 1. The molecular formula is C18H23NO2. The Kier molecular flexibility index (Phi) is 2.90. The van der Waals surface area contributed by atoms with Crippen LogP contribution in [0.2, 0.25) is 0 Å². The molecule has 1 aromatic rings. The van der Waals surface area contributed by atoms with Crippen molar-refractivity contribution in [3.63, 3.8) is 0 Å². The minimum Gasteiger partial charge on any atom is -0.412 e. The summed E-state index contributed by atoms with van der Waals surface area (Å²) < 4.78 is 0. The second-order valence-corrected chi connectivity index (χ2v) is 7.31. The number of aryl methyl sites for hydroxylation is 1. The van der Waals surface area contributed by atoms with Crippen LogP contribution in [0.3, 0.4) is 0 Å². The van der Waals surface area contributed by atoms with E-state index in [1.54, 1.807) is 0 Å². The highest BCUT2D eigenvalue weighted by molar-refractivity contribution is 5.87. The van der Waals surface area contributed by atoms with E-state index >= 15 is 0 Å². The molecule has 3 nitrogen and oxygen atoms in total. The van der Waals surface area contributed by atoms with Crippen molar-refractivity contribution in [3.8, 4) is 5.75 Å². The molecule has 3 aliphatic rings. The van der Waals surface area contributed by atoms with E-state index in [9.17, 15) is 4.79 Å². The summed E-state index contributed by atoms with van der Waals surface area (Å²) >= 11 is 0. The van der Waals surface area contributed by atoms with Crippen LogP contribution in [-0.2, 0) is 11.2 Å². The van der Waals surface area contributed by atoms with Crippen LogP contribution in [0, 0.1) is 17.3 Å². The molecule has 0 aromatic heterocycles. The zero-order valence-corrected chi connectivity index (χ0v) is 12.6. The van der Waals surface area contributed by atoms with Gasteiger partial charge >= 0.3 is 0 Å². The Bertz CT molecular complexity index is 597. The molecule has 0 radical (unpaired) electrons.